The molecule has 2 aromatic rings. The minimum atomic E-state index is -3.87. The molecule has 0 amide bonds. The molecule has 2 N–H and O–H groups in total. The highest BCUT2D eigenvalue weighted by Gasteiger charge is 2.17. The third-order valence-corrected chi connectivity index (χ3v) is 4.69. The molecular weight excluding hydrogens is 318 g/mol. The Bertz CT molecular complexity index is 813. The van der Waals surface area contributed by atoms with E-state index in [0.29, 0.717) is 0 Å². The molecule has 0 aromatic heterocycles. The molecule has 0 saturated carbocycles. The maximum absolute atomic E-state index is 12.4. The number of esters is 1. The number of aryl methyl sites for hydroxylation is 1. The van der Waals surface area contributed by atoms with Gasteiger partial charge in [-0.05, 0) is 42.3 Å². The number of benzene rings is 2. The smallest absolute Gasteiger partial charge is 0.337 e. The molecule has 0 saturated heterocycles. The summed E-state index contributed by atoms with van der Waals surface area (Å²) in [6, 6.07) is 10.2. The van der Waals surface area contributed by atoms with Crippen molar-refractivity contribution in [3.63, 3.8) is 0 Å². The van der Waals surface area contributed by atoms with Gasteiger partial charge in [0.15, 0.2) is 0 Å². The van der Waals surface area contributed by atoms with Crippen molar-refractivity contribution in [1.29, 1.82) is 0 Å². The molecule has 0 aliphatic rings. The summed E-state index contributed by atoms with van der Waals surface area (Å²) in [6.45, 7) is 1.97. The first kappa shape index (κ1) is 16.8. The number of carbonyl (C=O) groups is 1. The van der Waals surface area contributed by atoms with Gasteiger partial charge >= 0.3 is 5.97 Å². The van der Waals surface area contributed by atoms with E-state index < -0.39 is 16.0 Å². The van der Waals surface area contributed by atoms with E-state index in [-0.39, 0.29) is 21.9 Å². The highest BCUT2D eigenvalue weighted by Crippen LogP contribution is 2.27. The first-order chi connectivity index (χ1) is 10.9. The largest absolute Gasteiger partial charge is 0.506 e. The molecule has 6 nitrogen and oxygen atoms in total. The van der Waals surface area contributed by atoms with Crippen molar-refractivity contribution in [3.05, 3.63) is 53.6 Å². The summed E-state index contributed by atoms with van der Waals surface area (Å²) in [5.41, 5.74) is 1.05. The maximum atomic E-state index is 12.4. The number of ether oxygens (including phenoxy) is 1. The van der Waals surface area contributed by atoms with E-state index in [2.05, 4.69) is 9.46 Å². The van der Waals surface area contributed by atoms with Crippen molar-refractivity contribution in [2.75, 3.05) is 11.8 Å². The molecule has 0 fully saturated rings. The Morgan fingerprint density at radius 2 is 1.83 bits per heavy atom. The Balaban J connectivity index is 2.34. The van der Waals surface area contributed by atoms with Crippen LogP contribution >= 0.6 is 0 Å². The summed E-state index contributed by atoms with van der Waals surface area (Å²) in [5.74, 6) is -0.913. The summed E-state index contributed by atoms with van der Waals surface area (Å²) in [6.07, 6.45) is 0.801. The van der Waals surface area contributed by atoms with Crippen LogP contribution in [0.4, 0.5) is 5.69 Å². The molecule has 0 heterocycles. The van der Waals surface area contributed by atoms with Crippen LogP contribution in [-0.2, 0) is 21.2 Å². The second-order valence-corrected chi connectivity index (χ2v) is 6.51. The van der Waals surface area contributed by atoms with Gasteiger partial charge in [-0.2, -0.15) is 0 Å². The average Bonchev–Trinajstić information content (AvgIpc) is 2.56. The number of phenols is 1. The third kappa shape index (κ3) is 3.81. The predicted octanol–water partition coefficient (Wildman–Crippen LogP) is 2.54. The number of aromatic hydroxyl groups is 1. The molecule has 2 aromatic carbocycles. The van der Waals surface area contributed by atoms with Gasteiger partial charge < -0.3 is 9.84 Å². The number of hydrogen-bond acceptors (Lipinski definition) is 5. The van der Waals surface area contributed by atoms with Crippen LogP contribution in [0.3, 0.4) is 0 Å². The van der Waals surface area contributed by atoms with Crippen LogP contribution in [0, 0.1) is 0 Å². The Hall–Kier alpha value is -2.54. The van der Waals surface area contributed by atoms with Crippen molar-refractivity contribution in [3.8, 4) is 5.75 Å². The Labute approximate surface area is 134 Å². The fourth-order valence-corrected chi connectivity index (χ4v) is 3.04. The average molecular weight is 335 g/mol. The van der Waals surface area contributed by atoms with E-state index in [1.807, 2.05) is 6.92 Å². The van der Waals surface area contributed by atoms with Crippen molar-refractivity contribution in [2.45, 2.75) is 18.2 Å². The fraction of sp³-hybridized carbons (Fsp3) is 0.188. The lowest BCUT2D eigenvalue weighted by Crippen LogP contribution is -2.13. The van der Waals surface area contributed by atoms with Gasteiger partial charge in [0, 0.05) is 0 Å². The monoisotopic (exact) mass is 335 g/mol. The minimum Gasteiger partial charge on any atom is -0.506 e. The van der Waals surface area contributed by atoms with Crippen LogP contribution in [-0.4, -0.2) is 26.6 Å². The molecule has 0 atom stereocenters. The standard InChI is InChI=1S/C16H17NO5S/c1-3-11-4-7-13(8-5-11)23(20,21)17-14-10-12(16(19)22-2)6-9-15(14)18/h4-10,17-18H,3H2,1-2H3. The fourth-order valence-electron chi connectivity index (χ4n) is 1.97. The summed E-state index contributed by atoms with van der Waals surface area (Å²) in [5, 5.41) is 9.80. The summed E-state index contributed by atoms with van der Waals surface area (Å²) in [4.78, 5) is 11.6. The van der Waals surface area contributed by atoms with Gasteiger partial charge in [0.2, 0.25) is 0 Å². The minimum absolute atomic E-state index is 0.0672. The van der Waals surface area contributed by atoms with Crippen molar-refractivity contribution >= 4 is 21.7 Å². The molecule has 0 aliphatic heterocycles. The zero-order chi connectivity index (χ0) is 17.0. The normalized spacial score (nSPS) is 11.0. The van der Waals surface area contributed by atoms with Crippen LogP contribution in [0.2, 0.25) is 0 Å². The van der Waals surface area contributed by atoms with E-state index in [1.165, 1.54) is 37.4 Å². The lowest BCUT2D eigenvalue weighted by molar-refractivity contribution is 0.0601. The molecule has 122 valence electrons. The van der Waals surface area contributed by atoms with Gasteiger partial charge in [0.25, 0.3) is 10.0 Å². The summed E-state index contributed by atoms with van der Waals surface area (Å²) in [7, 11) is -2.66. The Kier molecular flexibility index (Phi) is 4.90. The molecule has 2 rings (SSSR count). The first-order valence-electron chi connectivity index (χ1n) is 6.90. The maximum Gasteiger partial charge on any atom is 0.337 e. The number of hydrogen-bond donors (Lipinski definition) is 2. The highest BCUT2D eigenvalue weighted by atomic mass is 32.2. The third-order valence-electron chi connectivity index (χ3n) is 3.30. The van der Waals surface area contributed by atoms with E-state index in [4.69, 9.17) is 0 Å². The second-order valence-electron chi connectivity index (χ2n) is 4.83. The SMILES string of the molecule is CCc1ccc(S(=O)(=O)Nc2cc(C(=O)OC)ccc2O)cc1. The first-order valence-corrected chi connectivity index (χ1v) is 8.38. The van der Waals surface area contributed by atoms with Crippen molar-refractivity contribution < 1.29 is 23.1 Å². The molecule has 0 bridgehead atoms. The van der Waals surface area contributed by atoms with Gasteiger partial charge in [-0.1, -0.05) is 19.1 Å². The zero-order valence-electron chi connectivity index (χ0n) is 12.7. The van der Waals surface area contributed by atoms with E-state index in [9.17, 15) is 18.3 Å². The lowest BCUT2D eigenvalue weighted by atomic mass is 10.2. The molecule has 0 radical (unpaired) electrons. The zero-order valence-corrected chi connectivity index (χ0v) is 13.6. The molecule has 7 heteroatoms. The Morgan fingerprint density at radius 3 is 2.39 bits per heavy atom. The number of carbonyl (C=O) groups excluding carboxylic acids is 1. The number of phenolic OH excluding ortho intramolecular Hbond substituents is 1. The number of methoxy groups -OCH3 is 1. The summed E-state index contributed by atoms with van der Waals surface area (Å²) < 4.78 is 31.6. The molecule has 23 heavy (non-hydrogen) atoms. The Morgan fingerprint density at radius 1 is 1.17 bits per heavy atom. The number of sulfonamides is 1. The number of nitrogens with one attached hydrogen (secondary N) is 1. The topological polar surface area (TPSA) is 92.7 Å². The van der Waals surface area contributed by atoms with Gasteiger partial charge in [-0.3, -0.25) is 4.72 Å². The molecular formula is C16H17NO5S. The van der Waals surface area contributed by atoms with Crippen LogP contribution < -0.4 is 4.72 Å². The van der Waals surface area contributed by atoms with E-state index in [0.717, 1.165) is 12.0 Å². The van der Waals surface area contributed by atoms with Gasteiger partial charge in [-0.15, -0.1) is 0 Å². The number of anilines is 1. The summed E-state index contributed by atoms with van der Waals surface area (Å²) >= 11 is 0. The van der Waals surface area contributed by atoms with Crippen LogP contribution in [0.25, 0.3) is 0 Å². The quantitative estimate of drug-likeness (QED) is 0.647. The van der Waals surface area contributed by atoms with Gasteiger partial charge in [0.05, 0.1) is 23.3 Å². The van der Waals surface area contributed by atoms with Crippen molar-refractivity contribution in [2.24, 2.45) is 0 Å². The predicted molar refractivity (Wildman–Crippen MR) is 86.1 cm³/mol. The molecule has 0 aliphatic carbocycles. The molecule has 0 unspecified atom stereocenters. The van der Waals surface area contributed by atoms with Crippen LogP contribution in [0.15, 0.2) is 47.4 Å². The van der Waals surface area contributed by atoms with Gasteiger partial charge in [-0.25, -0.2) is 13.2 Å². The number of rotatable bonds is 5. The molecule has 0 spiro atoms. The van der Waals surface area contributed by atoms with E-state index >= 15 is 0 Å². The van der Waals surface area contributed by atoms with Gasteiger partial charge in [0.1, 0.15) is 5.75 Å². The van der Waals surface area contributed by atoms with Crippen LogP contribution in [0.5, 0.6) is 5.75 Å². The van der Waals surface area contributed by atoms with E-state index in [1.54, 1.807) is 12.1 Å². The second kappa shape index (κ2) is 6.70. The van der Waals surface area contributed by atoms with Crippen molar-refractivity contribution in [1.82, 2.24) is 0 Å². The highest BCUT2D eigenvalue weighted by molar-refractivity contribution is 7.92. The lowest BCUT2D eigenvalue weighted by Gasteiger charge is -2.11. The van der Waals surface area contributed by atoms with Crippen LogP contribution in [0.1, 0.15) is 22.8 Å².